The number of benzene rings is 2. The lowest BCUT2D eigenvalue weighted by Crippen LogP contribution is -2.24. The second-order valence-electron chi connectivity index (χ2n) is 12.1. The minimum atomic E-state index is -0.857. The van der Waals surface area contributed by atoms with Gasteiger partial charge in [0.25, 0.3) is 0 Å². The van der Waals surface area contributed by atoms with Crippen molar-refractivity contribution in [1.29, 1.82) is 0 Å². The summed E-state index contributed by atoms with van der Waals surface area (Å²) >= 11 is 0. The van der Waals surface area contributed by atoms with Crippen molar-refractivity contribution in [3.63, 3.8) is 0 Å². The van der Waals surface area contributed by atoms with Crippen molar-refractivity contribution in [1.82, 2.24) is 4.57 Å². The van der Waals surface area contributed by atoms with Crippen molar-refractivity contribution in [3.05, 3.63) is 53.1 Å². The Bertz CT molecular complexity index is 1420. The Kier molecular flexibility index (Phi) is 5.45. The molecule has 0 spiro atoms. The summed E-state index contributed by atoms with van der Waals surface area (Å²) in [7, 11) is 1.65. The molecule has 1 aliphatic heterocycles. The van der Waals surface area contributed by atoms with E-state index in [4.69, 9.17) is 9.47 Å². The fourth-order valence-corrected chi connectivity index (χ4v) is 6.74. The molecule has 0 bridgehead atoms. The number of aromatic nitrogens is 1. The Labute approximate surface area is 217 Å². The molecule has 2 aromatic carbocycles. The Hall–Kier alpha value is -3.28. The number of esters is 1. The van der Waals surface area contributed by atoms with Gasteiger partial charge in [-0.25, -0.2) is 4.79 Å². The summed E-state index contributed by atoms with van der Waals surface area (Å²) in [5.74, 6) is -0.0205. The van der Waals surface area contributed by atoms with Crippen LogP contribution in [0.25, 0.3) is 22.2 Å². The van der Waals surface area contributed by atoms with Crippen LogP contribution in [-0.4, -0.2) is 34.3 Å². The molecule has 2 aliphatic carbocycles. The molecule has 194 valence electrons. The van der Waals surface area contributed by atoms with E-state index >= 15 is 0 Å². The third-order valence-electron chi connectivity index (χ3n) is 8.58. The van der Waals surface area contributed by atoms with E-state index in [1.165, 1.54) is 24.8 Å². The van der Waals surface area contributed by atoms with Gasteiger partial charge >= 0.3 is 11.9 Å². The lowest BCUT2D eigenvalue weighted by molar-refractivity contribution is -0.144. The average molecular weight is 502 g/mol. The van der Waals surface area contributed by atoms with E-state index in [1.54, 1.807) is 7.11 Å². The summed E-state index contributed by atoms with van der Waals surface area (Å²) in [5.41, 5.74) is 4.55. The number of aliphatic carboxylic acids is 1. The highest BCUT2D eigenvalue weighted by Crippen LogP contribution is 2.65. The van der Waals surface area contributed by atoms with Gasteiger partial charge in [-0.15, -0.1) is 0 Å². The first-order chi connectivity index (χ1) is 17.6. The number of rotatable bonds is 4. The molecule has 0 saturated heterocycles. The molecular formula is C31H35NO5. The van der Waals surface area contributed by atoms with Gasteiger partial charge in [-0.3, -0.25) is 4.79 Å². The van der Waals surface area contributed by atoms with Crippen LogP contribution in [0.4, 0.5) is 0 Å². The third kappa shape index (κ3) is 3.84. The first-order valence-corrected chi connectivity index (χ1v) is 13.4. The highest BCUT2D eigenvalue weighted by Gasteiger charge is 2.63. The number of ether oxygens (including phenoxy) is 2. The van der Waals surface area contributed by atoms with Gasteiger partial charge < -0.3 is 19.1 Å². The van der Waals surface area contributed by atoms with Crippen LogP contribution in [0.3, 0.4) is 0 Å². The SMILES string of the molecule is COc1ccc2c(c1)C1CC1(C(=O)O)Cn1c-2c(C2CCCCC2)c2ccc(C(=O)OC(C)(C)C)cc21. The highest BCUT2D eigenvalue weighted by atomic mass is 16.6. The summed E-state index contributed by atoms with van der Waals surface area (Å²) < 4.78 is 13.4. The average Bonchev–Trinajstić information content (AvgIpc) is 3.54. The quantitative estimate of drug-likeness (QED) is 0.394. The zero-order chi connectivity index (χ0) is 26.1. The molecule has 0 radical (unpaired) electrons. The minimum Gasteiger partial charge on any atom is -0.497 e. The summed E-state index contributed by atoms with van der Waals surface area (Å²) in [6.45, 7) is 5.98. The standard InChI is InChI=1S/C31H35NO5/c1-30(2,3)37-28(33)19-10-12-22-25(14-19)32-17-31(29(34)35)16-24(31)23-15-20(36-4)11-13-21(23)27(32)26(22)18-8-6-5-7-9-18/h10-15,18,24H,5-9,16-17H2,1-4H3,(H,34,35). The third-order valence-corrected chi connectivity index (χ3v) is 8.58. The number of carbonyl (C=O) groups is 2. The van der Waals surface area contributed by atoms with Crippen molar-refractivity contribution in [2.75, 3.05) is 7.11 Å². The van der Waals surface area contributed by atoms with Gasteiger partial charge in [0, 0.05) is 28.9 Å². The Morgan fingerprint density at radius 1 is 1.05 bits per heavy atom. The summed E-state index contributed by atoms with van der Waals surface area (Å²) in [4.78, 5) is 25.7. The van der Waals surface area contributed by atoms with Crippen LogP contribution in [0, 0.1) is 5.41 Å². The largest absolute Gasteiger partial charge is 0.497 e. The van der Waals surface area contributed by atoms with E-state index in [0.29, 0.717) is 24.4 Å². The number of carbonyl (C=O) groups excluding carboxylic acids is 1. The first-order valence-electron chi connectivity index (χ1n) is 13.4. The van der Waals surface area contributed by atoms with Gasteiger partial charge in [0.1, 0.15) is 11.4 Å². The smallest absolute Gasteiger partial charge is 0.338 e. The lowest BCUT2D eigenvalue weighted by atomic mass is 9.81. The molecule has 6 nitrogen and oxygen atoms in total. The van der Waals surface area contributed by atoms with Crippen LogP contribution in [0.1, 0.15) is 92.6 Å². The molecule has 2 heterocycles. The molecule has 2 fully saturated rings. The molecule has 2 atom stereocenters. The predicted octanol–water partition coefficient (Wildman–Crippen LogP) is 6.89. The molecule has 6 heteroatoms. The van der Waals surface area contributed by atoms with E-state index in [2.05, 4.69) is 16.7 Å². The van der Waals surface area contributed by atoms with Gasteiger partial charge in [-0.1, -0.05) is 25.3 Å². The van der Waals surface area contributed by atoms with Crippen LogP contribution in [0.15, 0.2) is 36.4 Å². The van der Waals surface area contributed by atoms with Crippen LogP contribution >= 0.6 is 0 Å². The van der Waals surface area contributed by atoms with Gasteiger partial charge in [-0.2, -0.15) is 0 Å². The molecule has 6 rings (SSSR count). The van der Waals surface area contributed by atoms with Gasteiger partial charge in [0.05, 0.1) is 23.8 Å². The van der Waals surface area contributed by atoms with Crippen LogP contribution in [0.5, 0.6) is 5.75 Å². The monoisotopic (exact) mass is 501 g/mol. The van der Waals surface area contributed by atoms with Crippen LogP contribution < -0.4 is 4.74 Å². The number of methoxy groups -OCH3 is 1. The molecule has 2 unspecified atom stereocenters. The van der Waals surface area contributed by atoms with Gasteiger partial charge in [0.2, 0.25) is 0 Å². The van der Waals surface area contributed by atoms with E-state index in [0.717, 1.165) is 46.3 Å². The first kappa shape index (κ1) is 24.1. The molecule has 3 aliphatic rings. The van der Waals surface area contributed by atoms with Crippen molar-refractivity contribution < 1.29 is 24.2 Å². The Balaban J connectivity index is 1.63. The second kappa shape index (κ2) is 8.37. The second-order valence-corrected chi connectivity index (χ2v) is 12.1. The molecule has 37 heavy (non-hydrogen) atoms. The van der Waals surface area contributed by atoms with E-state index < -0.39 is 17.0 Å². The van der Waals surface area contributed by atoms with E-state index in [1.807, 2.05) is 45.0 Å². The van der Waals surface area contributed by atoms with Crippen molar-refractivity contribution in [2.45, 2.75) is 83.3 Å². The summed E-state index contributed by atoms with van der Waals surface area (Å²) in [6, 6.07) is 12.0. The zero-order valence-corrected chi connectivity index (χ0v) is 22.1. The normalized spacial score (nSPS) is 23.0. The maximum atomic E-state index is 13.0. The highest BCUT2D eigenvalue weighted by molar-refractivity contribution is 6.00. The molecule has 2 saturated carbocycles. The molecule has 3 aromatic rings. The molecular weight excluding hydrogens is 466 g/mol. The number of nitrogens with zero attached hydrogens (tertiary/aromatic N) is 1. The maximum absolute atomic E-state index is 13.0. The summed E-state index contributed by atoms with van der Waals surface area (Å²) in [5, 5.41) is 11.5. The number of carboxylic acid groups (broad SMARTS) is 1. The molecule has 0 amide bonds. The number of fused-ring (bicyclic) bond motifs is 7. The number of carboxylic acids is 1. The Morgan fingerprint density at radius 2 is 1.81 bits per heavy atom. The number of hydrogen-bond donors (Lipinski definition) is 1. The summed E-state index contributed by atoms with van der Waals surface area (Å²) in [6.07, 6.45) is 6.50. The van der Waals surface area contributed by atoms with Crippen LogP contribution in [0.2, 0.25) is 0 Å². The maximum Gasteiger partial charge on any atom is 0.338 e. The predicted molar refractivity (Wildman–Crippen MR) is 142 cm³/mol. The van der Waals surface area contributed by atoms with E-state index in [9.17, 15) is 14.7 Å². The van der Waals surface area contributed by atoms with Crippen molar-refractivity contribution >= 4 is 22.8 Å². The van der Waals surface area contributed by atoms with Crippen molar-refractivity contribution in [3.8, 4) is 17.0 Å². The molecule has 1 N–H and O–H groups in total. The molecule has 1 aromatic heterocycles. The van der Waals surface area contributed by atoms with Crippen LogP contribution in [-0.2, 0) is 16.1 Å². The lowest BCUT2D eigenvalue weighted by Gasteiger charge is -2.24. The fraction of sp³-hybridized carbons (Fsp3) is 0.484. The topological polar surface area (TPSA) is 77.8 Å². The van der Waals surface area contributed by atoms with Gasteiger partial charge in [0.15, 0.2) is 0 Å². The Morgan fingerprint density at radius 3 is 2.49 bits per heavy atom. The van der Waals surface area contributed by atoms with E-state index in [-0.39, 0.29) is 11.9 Å². The zero-order valence-electron chi connectivity index (χ0n) is 22.1. The number of hydrogen-bond acceptors (Lipinski definition) is 4. The van der Waals surface area contributed by atoms with Gasteiger partial charge in [-0.05, 0) is 87.4 Å². The fourth-order valence-electron chi connectivity index (χ4n) is 6.74. The minimum absolute atomic E-state index is 0.0571. The van der Waals surface area contributed by atoms with Crippen molar-refractivity contribution in [2.24, 2.45) is 5.41 Å².